The molecule has 3 heterocycles. The SMILES string of the molecule is COC(=O)C1=C(C)NC(C)=C(C(=O)OC)C1c1ncc2ccccn12. The van der Waals surface area contributed by atoms with E-state index in [1.165, 1.54) is 14.2 Å². The Morgan fingerprint density at radius 1 is 1.08 bits per heavy atom. The summed E-state index contributed by atoms with van der Waals surface area (Å²) in [5.41, 5.74) is 2.78. The number of pyridine rings is 1. The maximum Gasteiger partial charge on any atom is 0.336 e. The number of nitrogens with one attached hydrogen (secondary N) is 1. The molecule has 25 heavy (non-hydrogen) atoms. The maximum atomic E-state index is 12.5. The molecule has 0 spiro atoms. The van der Waals surface area contributed by atoms with Gasteiger partial charge in [-0.2, -0.15) is 0 Å². The molecule has 1 aliphatic rings. The number of methoxy groups -OCH3 is 2. The number of hydrogen-bond acceptors (Lipinski definition) is 6. The van der Waals surface area contributed by atoms with Gasteiger partial charge in [-0.05, 0) is 26.0 Å². The van der Waals surface area contributed by atoms with E-state index in [0.717, 1.165) is 5.52 Å². The van der Waals surface area contributed by atoms with Crippen LogP contribution >= 0.6 is 0 Å². The smallest absolute Gasteiger partial charge is 0.336 e. The molecule has 3 rings (SSSR count). The second-order valence-electron chi connectivity index (χ2n) is 5.73. The van der Waals surface area contributed by atoms with Gasteiger partial charge in [0, 0.05) is 17.6 Å². The van der Waals surface area contributed by atoms with E-state index in [-0.39, 0.29) is 0 Å². The highest BCUT2D eigenvalue weighted by Crippen LogP contribution is 2.38. The molecular formula is C18H19N3O4. The Kier molecular flexibility index (Phi) is 4.31. The minimum atomic E-state index is -0.689. The standard InChI is InChI=1S/C18H19N3O4/c1-10-13(17(22)24-3)15(14(11(2)20-10)18(23)25-4)16-19-9-12-7-5-6-8-21(12)16/h5-9,15,20H,1-4H3. The number of allylic oxidation sites excluding steroid dienone is 2. The van der Waals surface area contributed by atoms with Gasteiger partial charge in [0.25, 0.3) is 0 Å². The molecule has 130 valence electrons. The first-order valence-electron chi connectivity index (χ1n) is 7.76. The first-order valence-corrected chi connectivity index (χ1v) is 7.76. The van der Waals surface area contributed by atoms with Gasteiger partial charge in [-0.3, -0.25) is 0 Å². The minimum absolute atomic E-state index is 0.338. The van der Waals surface area contributed by atoms with Gasteiger partial charge in [-0.15, -0.1) is 0 Å². The summed E-state index contributed by atoms with van der Waals surface area (Å²) in [5, 5.41) is 3.07. The second kappa shape index (κ2) is 6.43. The fraction of sp³-hybridized carbons (Fsp3) is 0.278. The largest absolute Gasteiger partial charge is 0.466 e. The summed E-state index contributed by atoms with van der Waals surface area (Å²) < 4.78 is 11.7. The molecule has 2 aromatic heterocycles. The van der Waals surface area contributed by atoms with Crippen molar-refractivity contribution in [3.05, 3.63) is 59.0 Å². The van der Waals surface area contributed by atoms with Crippen LogP contribution in [0.25, 0.3) is 5.52 Å². The third kappa shape index (κ3) is 2.67. The van der Waals surface area contributed by atoms with Crippen molar-refractivity contribution in [3.63, 3.8) is 0 Å². The summed E-state index contributed by atoms with van der Waals surface area (Å²) in [6.07, 6.45) is 3.54. The fourth-order valence-electron chi connectivity index (χ4n) is 3.19. The zero-order valence-corrected chi connectivity index (χ0v) is 14.5. The highest BCUT2D eigenvalue weighted by molar-refractivity contribution is 5.99. The Hall–Kier alpha value is -3.09. The van der Waals surface area contributed by atoms with Crippen LogP contribution in [-0.2, 0) is 19.1 Å². The van der Waals surface area contributed by atoms with E-state index in [4.69, 9.17) is 9.47 Å². The van der Waals surface area contributed by atoms with Gasteiger partial charge in [0.05, 0.1) is 43.0 Å². The molecule has 1 N–H and O–H groups in total. The van der Waals surface area contributed by atoms with Gasteiger partial charge in [0.15, 0.2) is 0 Å². The molecule has 0 saturated carbocycles. The highest BCUT2D eigenvalue weighted by Gasteiger charge is 2.39. The predicted molar refractivity (Wildman–Crippen MR) is 90.5 cm³/mol. The van der Waals surface area contributed by atoms with Crippen LogP contribution in [0.15, 0.2) is 53.1 Å². The number of dihydropyridines is 1. The summed E-state index contributed by atoms with van der Waals surface area (Å²) in [4.78, 5) is 29.4. The van der Waals surface area contributed by atoms with Crippen LogP contribution < -0.4 is 5.32 Å². The van der Waals surface area contributed by atoms with E-state index < -0.39 is 17.9 Å². The number of carbonyl (C=O) groups is 2. The molecule has 0 saturated heterocycles. The van der Waals surface area contributed by atoms with E-state index in [2.05, 4.69) is 10.3 Å². The molecular weight excluding hydrogens is 322 g/mol. The second-order valence-corrected chi connectivity index (χ2v) is 5.73. The predicted octanol–water partition coefficient (Wildman–Crippen LogP) is 1.92. The zero-order chi connectivity index (χ0) is 18.1. The van der Waals surface area contributed by atoms with E-state index >= 15 is 0 Å². The van der Waals surface area contributed by atoms with Crippen molar-refractivity contribution in [2.24, 2.45) is 0 Å². The molecule has 0 fully saturated rings. The third-order valence-electron chi connectivity index (χ3n) is 4.30. The molecule has 2 aromatic rings. The molecule has 0 amide bonds. The van der Waals surface area contributed by atoms with Crippen LogP contribution in [0.3, 0.4) is 0 Å². The topological polar surface area (TPSA) is 81.9 Å². The first kappa shape index (κ1) is 16.8. The molecule has 7 nitrogen and oxygen atoms in total. The van der Waals surface area contributed by atoms with Gasteiger partial charge in [0.1, 0.15) is 5.82 Å². The molecule has 1 aliphatic heterocycles. The van der Waals surface area contributed by atoms with Crippen LogP contribution in [0.5, 0.6) is 0 Å². The van der Waals surface area contributed by atoms with Crippen molar-refractivity contribution >= 4 is 17.5 Å². The lowest BCUT2D eigenvalue weighted by Crippen LogP contribution is -2.32. The van der Waals surface area contributed by atoms with Crippen molar-refractivity contribution in [1.29, 1.82) is 0 Å². The quantitative estimate of drug-likeness (QED) is 0.859. The number of fused-ring (bicyclic) bond motifs is 1. The van der Waals surface area contributed by atoms with E-state index in [0.29, 0.717) is 28.4 Å². The molecule has 0 aliphatic carbocycles. The summed E-state index contributed by atoms with van der Waals surface area (Å²) >= 11 is 0. The highest BCUT2D eigenvalue weighted by atomic mass is 16.5. The number of nitrogens with zero attached hydrogens (tertiary/aromatic N) is 2. The van der Waals surface area contributed by atoms with E-state index in [1.807, 2.05) is 28.8 Å². The normalized spacial score (nSPS) is 15.4. The summed E-state index contributed by atoms with van der Waals surface area (Å²) in [5.74, 6) is -1.17. The number of carbonyl (C=O) groups excluding carboxylic acids is 2. The van der Waals surface area contributed by atoms with Gasteiger partial charge >= 0.3 is 11.9 Å². The molecule has 0 atom stereocenters. The lowest BCUT2D eigenvalue weighted by Gasteiger charge is -2.29. The van der Waals surface area contributed by atoms with Crippen molar-refractivity contribution in [2.75, 3.05) is 14.2 Å². The lowest BCUT2D eigenvalue weighted by atomic mass is 9.84. The van der Waals surface area contributed by atoms with E-state index in [1.54, 1.807) is 20.0 Å². The number of esters is 2. The molecule has 0 aromatic carbocycles. The van der Waals surface area contributed by atoms with Crippen LogP contribution in [0.2, 0.25) is 0 Å². The lowest BCUT2D eigenvalue weighted by molar-refractivity contribution is -0.137. The van der Waals surface area contributed by atoms with Gasteiger partial charge in [-0.25, -0.2) is 14.6 Å². The first-order chi connectivity index (χ1) is 12.0. The Labute approximate surface area is 144 Å². The van der Waals surface area contributed by atoms with Crippen molar-refractivity contribution in [2.45, 2.75) is 19.8 Å². The van der Waals surface area contributed by atoms with Crippen LogP contribution in [0.1, 0.15) is 25.6 Å². The van der Waals surface area contributed by atoms with Gasteiger partial charge < -0.3 is 19.2 Å². The summed E-state index contributed by atoms with van der Waals surface area (Å²) in [6, 6.07) is 5.66. The summed E-state index contributed by atoms with van der Waals surface area (Å²) in [7, 11) is 2.62. The number of aromatic nitrogens is 2. The Balaban J connectivity index is 2.29. The van der Waals surface area contributed by atoms with Crippen molar-refractivity contribution in [1.82, 2.24) is 14.7 Å². The average molecular weight is 341 g/mol. The average Bonchev–Trinajstić information content (AvgIpc) is 3.03. The number of rotatable bonds is 3. The molecule has 0 bridgehead atoms. The van der Waals surface area contributed by atoms with Crippen LogP contribution in [0.4, 0.5) is 0 Å². The molecule has 7 heteroatoms. The van der Waals surface area contributed by atoms with E-state index in [9.17, 15) is 9.59 Å². The minimum Gasteiger partial charge on any atom is -0.466 e. The van der Waals surface area contributed by atoms with Gasteiger partial charge in [0.2, 0.25) is 0 Å². The Morgan fingerprint density at radius 3 is 2.24 bits per heavy atom. The maximum absolute atomic E-state index is 12.5. The zero-order valence-electron chi connectivity index (χ0n) is 14.5. The van der Waals surface area contributed by atoms with Crippen LogP contribution in [0, 0.1) is 0 Å². The number of ether oxygens (including phenoxy) is 2. The van der Waals surface area contributed by atoms with Crippen LogP contribution in [-0.4, -0.2) is 35.5 Å². The molecule has 0 unspecified atom stereocenters. The molecule has 0 radical (unpaired) electrons. The Bertz CT molecular complexity index is 885. The van der Waals surface area contributed by atoms with Crippen molar-refractivity contribution < 1.29 is 19.1 Å². The van der Waals surface area contributed by atoms with Gasteiger partial charge in [-0.1, -0.05) is 6.07 Å². The monoisotopic (exact) mass is 341 g/mol. The Morgan fingerprint density at radius 2 is 1.68 bits per heavy atom. The number of imidazole rings is 1. The third-order valence-corrected chi connectivity index (χ3v) is 4.30. The van der Waals surface area contributed by atoms with Crippen molar-refractivity contribution in [3.8, 4) is 0 Å². The fourth-order valence-corrected chi connectivity index (χ4v) is 3.19. The number of hydrogen-bond donors (Lipinski definition) is 1. The summed E-state index contributed by atoms with van der Waals surface area (Å²) in [6.45, 7) is 3.54.